The second-order valence-electron chi connectivity index (χ2n) is 8.08. The van der Waals surface area contributed by atoms with E-state index in [2.05, 4.69) is 12.2 Å². The maximum absolute atomic E-state index is 13.1. The number of likely N-dealkylation sites (tertiary alicyclic amines) is 1. The quantitative estimate of drug-likeness (QED) is 0.842. The molecule has 27 heavy (non-hydrogen) atoms. The Hall–Kier alpha value is -1.91. The van der Waals surface area contributed by atoms with Crippen LogP contribution in [0.4, 0.5) is 4.39 Å². The van der Waals surface area contributed by atoms with E-state index in [0.29, 0.717) is 43.0 Å². The number of nitrogens with zero attached hydrogens (tertiary/aromatic N) is 1. The van der Waals surface area contributed by atoms with E-state index in [0.717, 1.165) is 25.7 Å². The first kappa shape index (κ1) is 19.8. The fourth-order valence-corrected chi connectivity index (χ4v) is 4.54. The first-order valence-electron chi connectivity index (χ1n) is 10.4. The molecule has 1 aromatic carbocycles. The summed E-state index contributed by atoms with van der Waals surface area (Å²) < 4.78 is 13.1. The molecule has 3 rings (SSSR count). The number of hydrogen-bond donors (Lipinski definition) is 1. The molecule has 4 nitrogen and oxygen atoms in total. The molecule has 0 spiro atoms. The normalized spacial score (nSPS) is 23.9. The van der Waals surface area contributed by atoms with Crippen LogP contribution >= 0.6 is 0 Å². The Morgan fingerprint density at radius 2 is 1.78 bits per heavy atom. The number of benzene rings is 1. The summed E-state index contributed by atoms with van der Waals surface area (Å²) in [6.45, 7) is 3.46. The number of amides is 2. The third-order valence-electron chi connectivity index (χ3n) is 6.21. The molecular weight excluding hydrogens is 343 g/mol. The van der Waals surface area contributed by atoms with Crippen molar-refractivity contribution in [3.05, 3.63) is 35.6 Å². The van der Waals surface area contributed by atoms with Crippen molar-refractivity contribution in [1.29, 1.82) is 0 Å². The third-order valence-corrected chi connectivity index (χ3v) is 6.21. The summed E-state index contributed by atoms with van der Waals surface area (Å²) in [6, 6.07) is 6.09. The Kier molecular flexibility index (Phi) is 6.86. The Labute approximate surface area is 161 Å². The van der Waals surface area contributed by atoms with Crippen molar-refractivity contribution in [3.8, 4) is 0 Å². The number of piperidine rings is 1. The van der Waals surface area contributed by atoms with Gasteiger partial charge in [0, 0.05) is 31.1 Å². The summed E-state index contributed by atoms with van der Waals surface area (Å²) in [5.74, 6) is 0.457. The zero-order chi connectivity index (χ0) is 19.2. The zero-order valence-electron chi connectivity index (χ0n) is 16.3. The van der Waals surface area contributed by atoms with Crippen molar-refractivity contribution < 1.29 is 14.0 Å². The minimum atomic E-state index is -0.333. The van der Waals surface area contributed by atoms with Crippen molar-refractivity contribution in [2.24, 2.45) is 11.8 Å². The van der Waals surface area contributed by atoms with E-state index in [-0.39, 0.29) is 17.6 Å². The first-order chi connectivity index (χ1) is 13.1. The van der Waals surface area contributed by atoms with Crippen LogP contribution in [-0.4, -0.2) is 35.8 Å². The van der Waals surface area contributed by atoms with Gasteiger partial charge in [-0.1, -0.05) is 32.6 Å². The first-order valence-corrected chi connectivity index (χ1v) is 10.4. The van der Waals surface area contributed by atoms with Gasteiger partial charge < -0.3 is 10.2 Å². The van der Waals surface area contributed by atoms with Gasteiger partial charge in [0.2, 0.25) is 5.91 Å². The number of rotatable bonds is 5. The summed E-state index contributed by atoms with van der Waals surface area (Å²) in [5, 5.41) is 3.22. The van der Waals surface area contributed by atoms with Crippen LogP contribution in [0.2, 0.25) is 0 Å². The predicted molar refractivity (Wildman–Crippen MR) is 104 cm³/mol. The van der Waals surface area contributed by atoms with E-state index in [9.17, 15) is 14.0 Å². The van der Waals surface area contributed by atoms with Gasteiger partial charge in [-0.2, -0.15) is 0 Å². The van der Waals surface area contributed by atoms with Crippen LogP contribution in [0.25, 0.3) is 0 Å². The lowest BCUT2D eigenvalue weighted by atomic mass is 9.81. The molecule has 1 aromatic rings. The Morgan fingerprint density at radius 1 is 1.07 bits per heavy atom. The van der Waals surface area contributed by atoms with Crippen LogP contribution in [0.3, 0.4) is 0 Å². The average Bonchev–Trinajstić information content (AvgIpc) is 2.69. The Balaban J connectivity index is 1.53. The van der Waals surface area contributed by atoms with Crippen LogP contribution in [0.15, 0.2) is 24.3 Å². The van der Waals surface area contributed by atoms with Crippen molar-refractivity contribution in [1.82, 2.24) is 10.2 Å². The van der Waals surface area contributed by atoms with Crippen LogP contribution < -0.4 is 5.32 Å². The van der Waals surface area contributed by atoms with Gasteiger partial charge in [-0.25, -0.2) is 4.39 Å². The molecule has 0 aromatic heterocycles. The van der Waals surface area contributed by atoms with Crippen LogP contribution in [0, 0.1) is 17.7 Å². The maximum atomic E-state index is 13.1. The molecule has 148 valence electrons. The van der Waals surface area contributed by atoms with E-state index in [1.807, 2.05) is 4.90 Å². The monoisotopic (exact) mass is 374 g/mol. The molecule has 1 heterocycles. The molecule has 2 aliphatic rings. The molecule has 1 aliphatic carbocycles. The summed E-state index contributed by atoms with van der Waals surface area (Å²) in [4.78, 5) is 27.0. The van der Waals surface area contributed by atoms with Crippen molar-refractivity contribution >= 4 is 11.8 Å². The molecule has 2 amide bonds. The largest absolute Gasteiger partial charge is 0.353 e. The van der Waals surface area contributed by atoms with Crippen molar-refractivity contribution in [2.45, 2.75) is 64.3 Å². The minimum Gasteiger partial charge on any atom is -0.353 e. The average molecular weight is 375 g/mol. The van der Waals surface area contributed by atoms with Gasteiger partial charge in [0.15, 0.2) is 0 Å². The number of carbonyl (C=O) groups excluding carboxylic acids is 2. The maximum Gasteiger partial charge on any atom is 0.253 e. The molecule has 1 saturated heterocycles. The van der Waals surface area contributed by atoms with E-state index < -0.39 is 0 Å². The van der Waals surface area contributed by atoms with Gasteiger partial charge in [-0.15, -0.1) is 0 Å². The highest BCUT2D eigenvalue weighted by Gasteiger charge is 2.32. The Bertz CT molecular complexity index is 640. The summed E-state index contributed by atoms with van der Waals surface area (Å²) in [5.41, 5.74) is 0.528. The highest BCUT2D eigenvalue weighted by atomic mass is 19.1. The fourth-order valence-electron chi connectivity index (χ4n) is 4.54. The number of hydrogen-bond acceptors (Lipinski definition) is 2. The van der Waals surface area contributed by atoms with Crippen LogP contribution in [-0.2, 0) is 4.79 Å². The molecular formula is C22H31FN2O2. The molecule has 1 N–H and O–H groups in total. The fraction of sp³-hybridized carbons (Fsp3) is 0.636. The van der Waals surface area contributed by atoms with E-state index in [1.54, 1.807) is 12.1 Å². The van der Waals surface area contributed by atoms with Gasteiger partial charge in [-0.05, 0) is 55.4 Å². The Morgan fingerprint density at radius 3 is 2.44 bits per heavy atom. The molecule has 0 bridgehead atoms. The van der Waals surface area contributed by atoms with E-state index in [4.69, 9.17) is 0 Å². The lowest BCUT2D eigenvalue weighted by molar-refractivity contribution is -0.123. The van der Waals surface area contributed by atoms with E-state index in [1.165, 1.54) is 31.4 Å². The standard InChI is InChI=1S/C22H31FN2O2/c1-2-16-15-25(22(27)17-8-10-19(23)11-9-17)13-12-18(16)14-21(26)24-20-6-4-3-5-7-20/h8-11,16,18,20H,2-7,12-15H2,1H3,(H,24,26). The zero-order valence-corrected chi connectivity index (χ0v) is 16.3. The second kappa shape index (κ2) is 9.34. The van der Waals surface area contributed by atoms with Gasteiger partial charge in [0.05, 0.1) is 0 Å². The topological polar surface area (TPSA) is 49.4 Å². The van der Waals surface area contributed by atoms with Gasteiger partial charge >= 0.3 is 0 Å². The summed E-state index contributed by atoms with van der Waals surface area (Å²) in [7, 11) is 0. The lowest BCUT2D eigenvalue weighted by Crippen LogP contribution is -2.45. The predicted octanol–water partition coefficient (Wildman–Crippen LogP) is 4.15. The van der Waals surface area contributed by atoms with Gasteiger partial charge in [-0.3, -0.25) is 9.59 Å². The second-order valence-corrected chi connectivity index (χ2v) is 8.08. The minimum absolute atomic E-state index is 0.0430. The number of nitrogens with one attached hydrogen (secondary N) is 1. The SMILES string of the molecule is CCC1CN(C(=O)c2ccc(F)cc2)CCC1CC(=O)NC1CCCCC1. The lowest BCUT2D eigenvalue weighted by Gasteiger charge is -2.38. The molecule has 2 atom stereocenters. The number of halogens is 1. The molecule has 5 heteroatoms. The molecule has 1 saturated carbocycles. The van der Waals surface area contributed by atoms with Gasteiger partial charge in [0.1, 0.15) is 5.82 Å². The molecule has 1 aliphatic heterocycles. The van der Waals surface area contributed by atoms with Crippen LogP contribution in [0.1, 0.15) is 68.6 Å². The third kappa shape index (κ3) is 5.30. The highest BCUT2D eigenvalue weighted by Crippen LogP contribution is 2.30. The summed E-state index contributed by atoms with van der Waals surface area (Å²) in [6.07, 6.45) is 8.29. The highest BCUT2D eigenvalue weighted by molar-refractivity contribution is 5.94. The van der Waals surface area contributed by atoms with Gasteiger partial charge in [0.25, 0.3) is 5.91 Å². The smallest absolute Gasteiger partial charge is 0.253 e. The molecule has 2 fully saturated rings. The summed E-state index contributed by atoms with van der Waals surface area (Å²) >= 11 is 0. The van der Waals surface area contributed by atoms with Crippen molar-refractivity contribution in [3.63, 3.8) is 0 Å². The molecule has 2 unspecified atom stereocenters. The molecule has 0 radical (unpaired) electrons. The van der Waals surface area contributed by atoms with Crippen LogP contribution in [0.5, 0.6) is 0 Å². The number of carbonyl (C=O) groups is 2. The van der Waals surface area contributed by atoms with E-state index >= 15 is 0 Å². The van der Waals surface area contributed by atoms with Crippen molar-refractivity contribution in [2.75, 3.05) is 13.1 Å².